The fourth-order valence-electron chi connectivity index (χ4n) is 3.17. The maximum absolute atomic E-state index is 13.3. The smallest absolute Gasteiger partial charge is 0.264 e. The molecule has 29 heavy (non-hydrogen) atoms. The summed E-state index contributed by atoms with van der Waals surface area (Å²) in [7, 11) is 3.64. The van der Waals surface area contributed by atoms with Crippen LogP contribution in [-0.2, 0) is 17.1 Å². The van der Waals surface area contributed by atoms with E-state index in [0.29, 0.717) is 22.4 Å². The third-order valence-electron chi connectivity index (χ3n) is 4.75. The molecule has 3 aromatic rings. The van der Waals surface area contributed by atoms with Gasteiger partial charge in [-0.3, -0.25) is 4.31 Å². The van der Waals surface area contributed by atoms with Crippen molar-refractivity contribution in [2.45, 2.75) is 4.90 Å². The highest BCUT2D eigenvalue weighted by atomic mass is 32.2. The van der Waals surface area contributed by atoms with Crippen molar-refractivity contribution in [2.75, 3.05) is 32.7 Å². The molecule has 0 saturated carbocycles. The lowest BCUT2D eigenvalue weighted by molar-refractivity contribution is 0.323. The molecule has 0 saturated heterocycles. The van der Waals surface area contributed by atoms with Crippen LogP contribution in [0.5, 0.6) is 17.2 Å². The Morgan fingerprint density at radius 2 is 1.66 bits per heavy atom. The van der Waals surface area contributed by atoms with Gasteiger partial charge in [0.25, 0.3) is 10.0 Å². The number of sulfonamides is 1. The quantitative estimate of drug-likeness (QED) is 0.615. The van der Waals surface area contributed by atoms with Crippen molar-refractivity contribution in [3.05, 3.63) is 42.1 Å². The molecule has 0 spiro atoms. The van der Waals surface area contributed by atoms with Crippen LogP contribution in [0.15, 0.2) is 41.4 Å². The minimum Gasteiger partial charge on any atom is -0.493 e. The standard InChI is InChI=1S/C20H21N3O5S/c1-22-12-13(11-21)16-8-14(6-7-17(16)22)23(2)29(24,25)15-9-18(26-3)20(28-5)19(10-15)27-4/h6-10,12H,1-5H3. The average Bonchev–Trinajstić information content (AvgIpc) is 3.06. The number of methoxy groups -OCH3 is 3. The first kappa shape index (κ1) is 20.4. The predicted molar refractivity (Wildman–Crippen MR) is 109 cm³/mol. The summed E-state index contributed by atoms with van der Waals surface area (Å²) in [5, 5.41) is 10.0. The van der Waals surface area contributed by atoms with E-state index in [-0.39, 0.29) is 16.4 Å². The van der Waals surface area contributed by atoms with Crippen molar-refractivity contribution in [3.63, 3.8) is 0 Å². The van der Waals surface area contributed by atoms with Gasteiger partial charge >= 0.3 is 0 Å². The maximum Gasteiger partial charge on any atom is 0.264 e. The second kappa shape index (κ2) is 7.56. The molecular formula is C20H21N3O5S. The number of aryl methyl sites for hydroxylation is 1. The summed E-state index contributed by atoms with van der Waals surface area (Å²) in [6, 6.07) is 10.1. The Labute approximate surface area is 169 Å². The molecule has 3 rings (SSSR count). The van der Waals surface area contributed by atoms with Gasteiger partial charge in [0.15, 0.2) is 11.5 Å². The highest BCUT2D eigenvalue weighted by Gasteiger charge is 2.26. The Bertz CT molecular complexity index is 1200. The Hall–Kier alpha value is -3.38. The van der Waals surface area contributed by atoms with E-state index in [1.54, 1.807) is 24.4 Å². The molecular weight excluding hydrogens is 394 g/mol. The number of nitriles is 1. The highest BCUT2D eigenvalue weighted by molar-refractivity contribution is 7.92. The molecule has 0 bridgehead atoms. The lowest BCUT2D eigenvalue weighted by Crippen LogP contribution is -2.26. The SMILES string of the molecule is COc1cc(S(=O)(=O)N(C)c2ccc3c(c2)c(C#N)cn3C)cc(OC)c1OC. The minimum absolute atomic E-state index is 0.0110. The number of hydrogen-bond donors (Lipinski definition) is 0. The van der Waals surface area contributed by atoms with E-state index in [0.717, 1.165) is 9.82 Å². The van der Waals surface area contributed by atoms with Crippen LogP contribution in [0, 0.1) is 11.3 Å². The van der Waals surface area contributed by atoms with Crippen LogP contribution in [0.25, 0.3) is 10.9 Å². The summed E-state index contributed by atoms with van der Waals surface area (Å²) in [5.74, 6) is 0.786. The molecule has 0 aliphatic heterocycles. The van der Waals surface area contributed by atoms with E-state index in [4.69, 9.17) is 14.2 Å². The highest BCUT2D eigenvalue weighted by Crippen LogP contribution is 2.40. The first-order chi connectivity index (χ1) is 13.8. The van der Waals surface area contributed by atoms with Crippen molar-refractivity contribution in [1.29, 1.82) is 5.26 Å². The summed E-state index contributed by atoms with van der Waals surface area (Å²) in [4.78, 5) is -0.0110. The second-order valence-corrected chi connectivity index (χ2v) is 8.27. The monoisotopic (exact) mass is 415 g/mol. The van der Waals surface area contributed by atoms with E-state index in [2.05, 4.69) is 6.07 Å². The lowest BCUT2D eigenvalue weighted by atomic mass is 10.2. The van der Waals surface area contributed by atoms with Gasteiger partial charge in [-0.05, 0) is 18.2 Å². The van der Waals surface area contributed by atoms with Crippen LogP contribution in [0.4, 0.5) is 5.69 Å². The Kier molecular flexibility index (Phi) is 5.31. The first-order valence-electron chi connectivity index (χ1n) is 8.56. The molecule has 0 unspecified atom stereocenters. The third kappa shape index (κ3) is 3.32. The normalized spacial score (nSPS) is 11.2. The number of nitrogens with zero attached hydrogens (tertiary/aromatic N) is 3. The van der Waals surface area contributed by atoms with E-state index in [9.17, 15) is 13.7 Å². The topological polar surface area (TPSA) is 93.8 Å². The molecule has 9 heteroatoms. The lowest BCUT2D eigenvalue weighted by Gasteiger charge is -2.21. The van der Waals surface area contributed by atoms with E-state index >= 15 is 0 Å². The van der Waals surface area contributed by atoms with Crippen LogP contribution in [0.2, 0.25) is 0 Å². The van der Waals surface area contributed by atoms with Crippen molar-refractivity contribution in [2.24, 2.45) is 7.05 Å². The Morgan fingerprint density at radius 1 is 1.03 bits per heavy atom. The first-order valence-corrected chi connectivity index (χ1v) is 10.0. The number of rotatable bonds is 6. The zero-order valence-corrected chi connectivity index (χ0v) is 17.6. The molecule has 2 aromatic carbocycles. The van der Waals surface area contributed by atoms with Crippen molar-refractivity contribution in [1.82, 2.24) is 4.57 Å². The van der Waals surface area contributed by atoms with E-state index < -0.39 is 10.0 Å². The average molecular weight is 415 g/mol. The molecule has 1 aromatic heterocycles. The second-order valence-electron chi connectivity index (χ2n) is 6.30. The van der Waals surface area contributed by atoms with Crippen LogP contribution < -0.4 is 18.5 Å². The molecule has 0 fully saturated rings. The van der Waals surface area contributed by atoms with Crippen LogP contribution in [-0.4, -0.2) is 41.4 Å². The van der Waals surface area contributed by atoms with Crippen LogP contribution in [0.1, 0.15) is 5.56 Å². The fourth-order valence-corrected chi connectivity index (χ4v) is 4.39. The summed E-state index contributed by atoms with van der Waals surface area (Å²) in [5.41, 5.74) is 1.74. The zero-order chi connectivity index (χ0) is 21.3. The van der Waals surface area contributed by atoms with Gasteiger partial charge in [-0.1, -0.05) is 0 Å². The minimum atomic E-state index is -3.94. The van der Waals surface area contributed by atoms with Gasteiger partial charge in [-0.2, -0.15) is 5.26 Å². The zero-order valence-electron chi connectivity index (χ0n) is 16.8. The summed E-state index contributed by atoms with van der Waals surface area (Å²) < 4.78 is 45.3. The van der Waals surface area contributed by atoms with Crippen molar-refractivity contribution in [3.8, 4) is 23.3 Å². The molecule has 0 aliphatic carbocycles. The van der Waals surface area contributed by atoms with Gasteiger partial charge in [-0.15, -0.1) is 0 Å². The van der Waals surface area contributed by atoms with Gasteiger partial charge < -0.3 is 18.8 Å². The molecule has 0 amide bonds. The van der Waals surface area contributed by atoms with Gasteiger partial charge in [-0.25, -0.2) is 8.42 Å². The van der Waals surface area contributed by atoms with Gasteiger partial charge in [0.2, 0.25) is 5.75 Å². The molecule has 1 heterocycles. The molecule has 152 valence electrons. The van der Waals surface area contributed by atoms with Gasteiger partial charge in [0.1, 0.15) is 6.07 Å². The Balaban J connectivity index is 2.13. The number of hydrogen-bond acceptors (Lipinski definition) is 6. The predicted octanol–water partition coefficient (Wildman–Crippen LogP) is 2.90. The van der Waals surface area contributed by atoms with Crippen molar-refractivity contribution < 1.29 is 22.6 Å². The summed E-state index contributed by atoms with van der Waals surface area (Å²) in [6.07, 6.45) is 1.71. The van der Waals surface area contributed by atoms with E-state index in [1.165, 1.54) is 40.5 Å². The maximum atomic E-state index is 13.3. The number of aromatic nitrogens is 1. The fraction of sp³-hybridized carbons (Fsp3) is 0.250. The number of benzene rings is 2. The third-order valence-corrected chi connectivity index (χ3v) is 6.52. The summed E-state index contributed by atoms with van der Waals surface area (Å²) in [6.45, 7) is 0. The van der Waals surface area contributed by atoms with Crippen molar-refractivity contribution >= 4 is 26.6 Å². The van der Waals surface area contributed by atoms with Crippen LogP contribution >= 0.6 is 0 Å². The Morgan fingerprint density at radius 3 is 2.17 bits per heavy atom. The van der Waals surface area contributed by atoms with Gasteiger partial charge in [0, 0.05) is 43.3 Å². The summed E-state index contributed by atoms with van der Waals surface area (Å²) >= 11 is 0. The number of fused-ring (bicyclic) bond motifs is 1. The molecule has 0 N–H and O–H groups in total. The van der Waals surface area contributed by atoms with Gasteiger partial charge in [0.05, 0.1) is 37.5 Å². The van der Waals surface area contributed by atoms with E-state index in [1.807, 2.05) is 11.6 Å². The molecule has 8 nitrogen and oxygen atoms in total. The molecule has 0 radical (unpaired) electrons. The number of anilines is 1. The number of ether oxygens (including phenoxy) is 3. The molecule has 0 atom stereocenters. The largest absolute Gasteiger partial charge is 0.493 e. The molecule has 0 aliphatic rings. The van der Waals surface area contributed by atoms with Crippen LogP contribution in [0.3, 0.4) is 0 Å².